The number of pyridine rings is 1. The maximum atomic E-state index is 14.5. The standard InChI is InChI=1S/C17H10ClF6N3O2/c18-13-11-8(1-2-25-13)16(4-9(19)12(11)28)6-27-5-7(17(22,23)24)3-10(14(27)26-16)29-15(20)21/h1-3,5,9,15H,4,6H2. The molecule has 0 N–H and O–H groups in total. The predicted molar refractivity (Wildman–Crippen MR) is 88.2 cm³/mol. The third kappa shape index (κ3) is 3.17. The molecule has 1 spiro atoms. The first-order valence-electron chi connectivity index (χ1n) is 8.17. The molecule has 0 aromatic carbocycles. The molecule has 0 saturated heterocycles. The van der Waals surface area contributed by atoms with E-state index in [2.05, 4.69) is 14.7 Å². The number of ether oxygens (including phenoxy) is 1. The number of hydrogen-bond donors (Lipinski definition) is 0. The molecule has 0 saturated carbocycles. The van der Waals surface area contributed by atoms with E-state index < -0.39 is 48.0 Å². The number of carbonyl (C=O) groups excluding carboxylic acids is 1. The van der Waals surface area contributed by atoms with Crippen molar-refractivity contribution in [2.24, 2.45) is 4.99 Å². The third-order valence-electron chi connectivity index (χ3n) is 4.82. The molecule has 12 heteroatoms. The number of ketones is 1. The first kappa shape index (κ1) is 19.7. The summed E-state index contributed by atoms with van der Waals surface area (Å²) in [5, 5.41) is -0.273. The molecule has 154 valence electrons. The van der Waals surface area contributed by atoms with E-state index in [-0.39, 0.29) is 28.7 Å². The Bertz CT molecular complexity index is 990. The zero-order valence-corrected chi connectivity index (χ0v) is 14.9. The average Bonchev–Trinajstić information content (AvgIpc) is 2.98. The van der Waals surface area contributed by atoms with Crippen LogP contribution in [0.25, 0.3) is 0 Å². The molecule has 1 aliphatic carbocycles. The minimum absolute atomic E-state index is 0.164. The summed E-state index contributed by atoms with van der Waals surface area (Å²) in [5.41, 5.74) is -2.82. The van der Waals surface area contributed by atoms with E-state index in [4.69, 9.17) is 11.6 Å². The van der Waals surface area contributed by atoms with Gasteiger partial charge in [0.25, 0.3) is 0 Å². The van der Waals surface area contributed by atoms with Crippen molar-refractivity contribution in [2.45, 2.75) is 30.9 Å². The second kappa shape index (κ2) is 6.48. The Morgan fingerprint density at radius 1 is 1.34 bits per heavy atom. The van der Waals surface area contributed by atoms with Crippen LogP contribution in [-0.4, -0.2) is 47.0 Å². The molecule has 0 fully saturated rings. The summed E-state index contributed by atoms with van der Waals surface area (Å²) in [5.74, 6) is -2.04. The Balaban J connectivity index is 1.87. The summed E-state index contributed by atoms with van der Waals surface area (Å²) in [6.45, 7) is -3.73. The Morgan fingerprint density at radius 3 is 2.72 bits per heavy atom. The van der Waals surface area contributed by atoms with E-state index in [0.29, 0.717) is 12.3 Å². The molecule has 0 bridgehead atoms. The van der Waals surface area contributed by atoms with Gasteiger partial charge in [-0.05, 0) is 17.7 Å². The van der Waals surface area contributed by atoms with E-state index >= 15 is 0 Å². The van der Waals surface area contributed by atoms with Crippen LogP contribution in [0.15, 0.2) is 40.9 Å². The molecule has 5 nitrogen and oxygen atoms in total. The molecule has 4 rings (SSSR count). The highest BCUT2D eigenvalue weighted by Gasteiger charge is 2.52. The van der Waals surface area contributed by atoms with Crippen molar-refractivity contribution in [2.75, 3.05) is 6.54 Å². The van der Waals surface area contributed by atoms with Crippen LogP contribution in [0.5, 0.6) is 0 Å². The Kier molecular flexibility index (Phi) is 4.41. The summed E-state index contributed by atoms with van der Waals surface area (Å²) in [7, 11) is 0. The molecule has 3 aliphatic rings. The zero-order valence-electron chi connectivity index (χ0n) is 14.2. The van der Waals surface area contributed by atoms with Gasteiger partial charge in [0.15, 0.2) is 23.5 Å². The largest absolute Gasteiger partial charge is 0.431 e. The molecule has 29 heavy (non-hydrogen) atoms. The van der Waals surface area contributed by atoms with Gasteiger partial charge in [-0.2, -0.15) is 22.0 Å². The van der Waals surface area contributed by atoms with Gasteiger partial charge in [-0.1, -0.05) is 11.6 Å². The van der Waals surface area contributed by atoms with Gasteiger partial charge in [-0.3, -0.25) is 9.79 Å². The van der Waals surface area contributed by atoms with Gasteiger partial charge in [-0.15, -0.1) is 0 Å². The van der Waals surface area contributed by atoms with Crippen LogP contribution < -0.4 is 0 Å². The van der Waals surface area contributed by atoms with E-state index in [9.17, 15) is 31.1 Å². The van der Waals surface area contributed by atoms with Gasteiger partial charge < -0.3 is 9.64 Å². The second-order valence-corrected chi connectivity index (χ2v) is 6.98. The number of hydrogen-bond acceptors (Lipinski definition) is 5. The van der Waals surface area contributed by atoms with E-state index in [1.165, 1.54) is 12.3 Å². The van der Waals surface area contributed by atoms with Crippen molar-refractivity contribution < 1.29 is 35.9 Å². The van der Waals surface area contributed by atoms with Crippen LogP contribution in [-0.2, 0) is 10.3 Å². The maximum absolute atomic E-state index is 14.5. The number of aromatic nitrogens is 1. The van der Waals surface area contributed by atoms with Crippen molar-refractivity contribution in [3.8, 4) is 0 Å². The fourth-order valence-electron chi connectivity index (χ4n) is 3.68. The van der Waals surface area contributed by atoms with Crippen LogP contribution in [0.4, 0.5) is 26.3 Å². The number of rotatable bonds is 2. The van der Waals surface area contributed by atoms with Crippen molar-refractivity contribution >= 4 is 23.2 Å². The smallest absolute Gasteiger partial charge is 0.417 e. The fourth-order valence-corrected chi connectivity index (χ4v) is 3.93. The topological polar surface area (TPSA) is 54.8 Å². The SMILES string of the molecule is O=C1c2c(ccnc2Cl)C2(CC1F)CN1C=C(C(F)(F)F)C=C(OC(F)F)C1=N2. The summed E-state index contributed by atoms with van der Waals surface area (Å²) in [6.07, 6.45) is -5.04. The van der Waals surface area contributed by atoms with Crippen LogP contribution in [0, 0.1) is 0 Å². The average molecular weight is 438 g/mol. The number of alkyl halides is 6. The number of carbonyl (C=O) groups is 1. The van der Waals surface area contributed by atoms with Crippen LogP contribution in [0.1, 0.15) is 22.3 Å². The molecular weight excluding hydrogens is 428 g/mol. The molecule has 2 atom stereocenters. The monoisotopic (exact) mass is 437 g/mol. The summed E-state index contributed by atoms with van der Waals surface area (Å²) in [6, 6.07) is 1.36. The minimum atomic E-state index is -4.84. The predicted octanol–water partition coefficient (Wildman–Crippen LogP) is 4.15. The van der Waals surface area contributed by atoms with Crippen molar-refractivity contribution in [3.05, 3.63) is 52.2 Å². The summed E-state index contributed by atoms with van der Waals surface area (Å²) in [4.78, 5) is 21.2. The minimum Gasteiger partial charge on any atom is -0.431 e. The Labute approximate surface area is 164 Å². The molecule has 0 amide bonds. The lowest BCUT2D eigenvalue weighted by atomic mass is 9.76. The molecule has 2 unspecified atom stereocenters. The lowest BCUT2D eigenvalue weighted by Gasteiger charge is -2.34. The quantitative estimate of drug-likeness (QED) is 0.515. The number of allylic oxidation sites excluding steroid dienone is 2. The first-order valence-corrected chi connectivity index (χ1v) is 8.55. The summed E-state index contributed by atoms with van der Waals surface area (Å²) >= 11 is 5.94. The number of aliphatic imine (C=N–C) groups is 1. The number of halogens is 7. The number of amidine groups is 1. The fraction of sp³-hybridized carbons (Fsp3) is 0.353. The van der Waals surface area contributed by atoms with Gasteiger partial charge >= 0.3 is 12.8 Å². The lowest BCUT2D eigenvalue weighted by molar-refractivity contribution is -0.0981. The lowest BCUT2D eigenvalue weighted by Crippen LogP contribution is -2.42. The highest BCUT2D eigenvalue weighted by Crippen LogP contribution is 2.47. The Hall–Kier alpha value is -2.56. The normalized spacial score (nSPS) is 26.2. The van der Waals surface area contributed by atoms with Crippen LogP contribution >= 0.6 is 11.6 Å². The first-order chi connectivity index (χ1) is 13.5. The van der Waals surface area contributed by atoms with Crippen LogP contribution in [0.3, 0.4) is 0 Å². The van der Waals surface area contributed by atoms with Crippen molar-refractivity contribution in [1.82, 2.24) is 9.88 Å². The highest BCUT2D eigenvalue weighted by atomic mass is 35.5. The molecule has 0 radical (unpaired) electrons. The molecule has 1 aromatic heterocycles. The van der Waals surface area contributed by atoms with Gasteiger partial charge in [0.1, 0.15) is 10.7 Å². The van der Waals surface area contributed by atoms with Gasteiger partial charge in [0.05, 0.1) is 17.7 Å². The molecule has 3 heterocycles. The van der Waals surface area contributed by atoms with Crippen molar-refractivity contribution in [1.29, 1.82) is 0 Å². The second-order valence-electron chi connectivity index (χ2n) is 6.62. The maximum Gasteiger partial charge on any atom is 0.417 e. The van der Waals surface area contributed by atoms with Crippen molar-refractivity contribution in [3.63, 3.8) is 0 Å². The van der Waals surface area contributed by atoms with E-state index in [0.717, 1.165) is 4.90 Å². The number of Topliss-reactive ketones (excluding diaryl/α,β-unsaturated/α-hetero) is 1. The van der Waals surface area contributed by atoms with E-state index in [1.54, 1.807) is 0 Å². The van der Waals surface area contributed by atoms with E-state index in [1.807, 2.05) is 0 Å². The zero-order chi connectivity index (χ0) is 21.1. The van der Waals surface area contributed by atoms with Gasteiger partial charge in [0, 0.05) is 18.8 Å². The highest BCUT2D eigenvalue weighted by molar-refractivity contribution is 6.33. The number of nitrogens with zero attached hydrogens (tertiary/aromatic N) is 3. The molecule has 1 aromatic rings. The number of fused-ring (bicyclic) bond motifs is 3. The Morgan fingerprint density at radius 2 is 2.07 bits per heavy atom. The van der Waals surface area contributed by atoms with Crippen LogP contribution in [0.2, 0.25) is 5.15 Å². The molecule has 2 aliphatic heterocycles. The van der Waals surface area contributed by atoms with Gasteiger partial charge in [0.2, 0.25) is 0 Å². The molecular formula is C17H10ClF6N3O2. The summed E-state index contributed by atoms with van der Waals surface area (Å²) < 4.78 is 83.9. The third-order valence-corrected chi connectivity index (χ3v) is 5.11. The van der Waals surface area contributed by atoms with Gasteiger partial charge in [-0.25, -0.2) is 9.37 Å².